The summed E-state index contributed by atoms with van der Waals surface area (Å²) < 4.78 is 6.16. The van der Waals surface area contributed by atoms with E-state index in [-0.39, 0.29) is 5.69 Å². The van der Waals surface area contributed by atoms with E-state index in [9.17, 15) is 14.9 Å². The quantitative estimate of drug-likeness (QED) is 0.0709. The average molecular weight is 608 g/mol. The highest BCUT2D eigenvalue weighted by Gasteiger charge is 2.41. The minimum Gasteiger partial charge on any atom is -0.421 e. The molecule has 0 unspecified atom stereocenters. The van der Waals surface area contributed by atoms with Gasteiger partial charge in [0.2, 0.25) is 0 Å². The maximum absolute atomic E-state index is 14.5. The molecule has 0 bridgehead atoms. The third kappa shape index (κ3) is 5.65. The Kier molecular flexibility index (Phi) is 8.09. The second kappa shape index (κ2) is 12.3. The number of ether oxygens (including phenoxy) is 1. The highest BCUT2D eigenvalue weighted by Crippen LogP contribution is 2.50. The van der Waals surface area contributed by atoms with Crippen LogP contribution in [0.5, 0.6) is 0 Å². The van der Waals surface area contributed by atoms with Crippen LogP contribution in [0.1, 0.15) is 27.8 Å². The average Bonchev–Trinajstić information content (AvgIpc) is 3.39. The number of esters is 1. The molecule has 1 aliphatic rings. The van der Waals surface area contributed by atoms with Crippen LogP contribution < -0.4 is 15.9 Å². The van der Waals surface area contributed by atoms with E-state index in [4.69, 9.17) is 4.74 Å². The molecule has 1 heterocycles. The normalized spacial score (nSPS) is 12.9. The first-order valence-corrected chi connectivity index (χ1v) is 16.3. The second-order valence-electron chi connectivity index (χ2n) is 11.0. The zero-order valence-electron chi connectivity index (χ0n) is 25.2. The summed E-state index contributed by atoms with van der Waals surface area (Å²) >= 11 is 0. The van der Waals surface area contributed by atoms with E-state index in [2.05, 4.69) is 84.6 Å². The van der Waals surface area contributed by atoms with Crippen LogP contribution in [-0.4, -0.2) is 16.2 Å². The fourth-order valence-electron chi connectivity index (χ4n) is 5.56. The maximum Gasteiger partial charge on any atom is 0.346 e. The standard InChI is InChI=1S/C39H30NO4P/c1-27-9-20-33(21-10-27)45(34-22-11-28(2)12-23-34,35-24-13-29(3)14-25-35)38-36(26-15-30-7-5-4-6-8-30)37(44-39(38)41)31-16-18-32(19-17-31)40(42)43/h4-14,16-25H,1-3H3. The van der Waals surface area contributed by atoms with Gasteiger partial charge in [-0.25, -0.2) is 4.79 Å². The van der Waals surface area contributed by atoms with E-state index in [0.717, 1.165) is 38.2 Å². The van der Waals surface area contributed by atoms with Crippen molar-refractivity contribution in [3.05, 3.63) is 171 Å². The van der Waals surface area contributed by atoms with E-state index in [1.807, 2.05) is 51.1 Å². The fraction of sp³-hybridized carbons (Fsp3) is 0.0769. The summed E-state index contributed by atoms with van der Waals surface area (Å²) in [6.07, 6.45) is 0. The van der Waals surface area contributed by atoms with Crippen molar-refractivity contribution >= 4 is 45.5 Å². The third-order valence-corrected chi connectivity index (χ3v) is 12.2. The van der Waals surface area contributed by atoms with Crippen LogP contribution in [0, 0.1) is 42.7 Å². The smallest absolute Gasteiger partial charge is 0.346 e. The molecule has 45 heavy (non-hydrogen) atoms. The number of nitro benzene ring substituents is 1. The van der Waals surface area contributed by atoms with Crippen molar-refractivity contribution in [2.75, 3.05) is 0 Å². The first-order valence-electron chi connectivity index (χ1n) is 14.5. The molecule has 5 aromatic carbocycles. The van der Waals surface area contributed by atoms with E-state index >= 15 is 0 Å². The molecule has 5 nitrogen and oxygen atoms in total. The van der Waals surface area contributed by atoms with Crippen LogP contribution in [0.2, 0.25) is 0 Å². The number of nitrogens with zero attached hydrogens (tertiary/aromatic N) is 1. The summed E-state index contributed by atoms with van der Waals surface area (Å²) in [6.45, 7) is 3.23. The minimum absolute atomic E-state index is 0.0504. The van der Waals surface area contributed by atoms with Crippen molar-refractivity contribution in [3.8, 4) is 11.8 Å². The van der Waals surface area contributed by atoms with Crippen molar-refractivity contribution < 1.29 is 14.5 Å². The Bertz CT molecular complexity index is 1950. The fourth-order valence-corrected chi connectivity index (χ4v) is 9.83. The summed E-state index contributed by atoms with van der Waals surface area (Å²) in [5.41, 5.74) is 5.07. The van der Waals surface area contributed by atoms with Gasteiger partial charge in [0.1, 0.15) is 0 Å². The lowest BCUT2D eigenvalue weighted by Gasteiger charge is -2.31. The predicted molar refractivity (Wildman–Crippen MR) is 184 cm³/mol. The van der Waals surface area contributed by atoms with Crippen molar-refractivity contribution in [2.24, 2.45) is 0 Å². The molecule has 220 valence electrons. The zero-order valence-corrected chi connectivity index (χ0v) is 26.0. The maximum atomic E-state index is 14.5. The van der Waals surface area contributed by atoms with Gasteiger partial charge in [-0.1, -0.05) is 120 Å². The first kappa shape index (κ1) is 29.6. The number of non-ortho nitro benzene ring substituents is 1. The van der Waals surface area contributed by atoms with E-state index in [0.29, 0.717) is 22.2 Å². The topological polar surface area (TPSA) is 69.4 Å². The Labute approximate surface area is 263 Å². The molecule has 0 N–H and O–H groups in total. The molecular formula is C39H30NO4P. The molecule has 6 rings (SSSR count). The summed E-state index contributed by atoms with van der Waals surface area (Å²) in [6, 6.07) is 40.7. The lowest BCUT2D eigenvalue weighted by molar-refractivity contribution is -0.384. The van der Waals surface area contributed by atoms with Gasteiger partial charge in [-0.15, -0.1) is 0 Å². The molecule has 0 amide bonds. The summed E-state index contributed by atoms with van der Waals surface area (Å²) in [7, 11) is 0. The van der Waals surface area contributed by atoms with Gasteiger partial charge in [-0.2, -0.15) is 0 Å². The van der Waals surface area contributed by atoms with Crippen molar-refractivity contribution in [2.45, 2.75) is 20.8 Å². The molecule has 0 aromatic heterocycles. The first-order chi connectivity index (χ1) is 21.8. The monoisotopic (exact) mass is 607 g/mol. The van der Waals surface area contributed by atoms with Gasteiger partial charge in [-0.3, -0.25) is 10.1 Å². The van der Waals surface area contributed by atoms with Gasteiger partial charge >= 0.3 is 5.97 Å². The summed E-state index contributed by atoms with van der Waals surface area (Å²) in [5.74, 6) is 6.44. The minimum atomic E-state index is -2.90. The van der Waals surface area contributed by atoms with Crippen LogP contribution in [0.3, 0.4) is 0 Å². The van der Waals surface area contributed by atoms with Crippen LogP contribution in [0.4, 0.5) is 5.69 Å². The number of carbonyl (C=O) groups is 1. The molecule has 0 aliphatic carbocycles. The van der Waals surface area contributed by atoms with Gasteiger partial charge in [-0.05, 0) is 67.8 Å². The third-order valence-electron chi connectivity index (χ3n) is 7.90. The Morgan fingerprint density at radius 2 is 1.09 bits per heavy atom. The van der Waals surface area contributed by atoms with Crippen LogP contribution in [-0.2, 0) is 9.53 Å². The van der Waals surface area contributed by atoms with Gasteiger partial charge < -0.3 is 4.74 Å². The molecule has 0 atom stereocenters. The molecule has 1 aliphatic heterocycles. The van der Waals surface area contributed by atoms with Crippen LogP contribution in [0.15, 0.2) is 133 Å². The number of carbonyl (C=O) groups excluding carboxylic acids is 1. The molecule has 5 aromatic rings. The number of rotatable bonds is 5. The largest absolute Gasteiger partial charge is 0.421 e. The number of benzene rings is 5. The van der Waals surface area contributed by atoms with Gasteiger partial charge in [0.25, 0.3) is 5.69 Å². The summed E-state index contributed by atoms with van der Waals surface area (Å²) in [5, 5.41) is 14.9. The Hall–Kier alpha value is -5.43. The highest BCUT2D eigenvalue weighted by molar-refractivity contribution is 7.97. The zero-order chi connectivity index (χ0) is 31.6. The van der Waals surface area contributed by atoms with Gasteiger partial charge in [0, 0.05) is 23.3 Å². The van der Waals surface area contributed by atoms with E-state index in [1.165, 1.54) is 12.1 Å². The summed E-state index contributed by atoms with van der Waals surface area (Å²) in [4.78, 5) is 25.4. The molecular weight excluding hydrogens is 577 g/mol. The SMILES string of the molecule is Cc1ccc(P(=C2C(=O)OC(c3ccc([N+](=O)[O-])cc3)=C2C#Cc2ccccc2)(c2ccc(C)cc2)c2ccc(C)cc2)cc1. The van der Waals surface area contributed by atoms with Crippen LogP contribution in [0.25, 0.3) is 5.76 Å². The van der Waals surface area contributed by atoms with Crippen molar-refractivity contribution in [1.82, 2.24) is 0 Å². The number of hydrogen-bond acceptors (Lipinski definition) is 4. The van der Waals surface area contributed by atoms with Crippen LogP contribution >= 0.6 is 6.89 Å². The highest BCUT2D eigenvalue weighted by atomic mass is 31.2. The number of aryl methyl sites for hydroxylation is 3. The molecule has 6 heteroatoms. The van der Waals surface area contributed by atoms with Crippen molar-refractivity contribution in [1.29, 1.82) is 0 Å². The lowest BCUT2D eigenvalue weighted by Crippen LogP contribution is -2.33. The van der Waals surface area contributed by atoms with Gasteiger partial charge in [0.05, 0.1) is 15.8 Å². The second-order valence-corrected chi connectivity index (χ2v) is 14.4. The van der Waals surface area contributed by atoms with E-state index < -0.39 is 17.8 Å². The molecule has 0 fully saturated rings. The molecule has 0 saturated carbocycles. The molecule has 0 saturated heterocycles. The van der Waals surface area contributed by atoms with Gasteiger partial charge in [0.15, 0.2) is 5.76 Å². The molecule has 0 spiro atoms. The van der Waals surface area contributed by atoms with E-state index in [1.54, 1.807) is 12.1 Å². The number of hydrogen-bond donors (Lipinski definition) is 0. The number of cyclic esters (lactones) is 1. The number of nitro groups is 1. The molecule has 0 radical (unpaired) electrons. The van der Waals surface area contributed by atoms with Crippen molar-refractivity contribution in [3.63, 3.8) is 0 Å². The Balaban J connectivity index is 1.81. The Morgan fingerprint density at radius 1 is 0.622 bits per heavy atom. The predicted octanol–water partition coefficient (Wildman–Crippen LogP) is 7.01. The lowest BCUT2D eigenvalue weighted by atomic mass is 10.1. The Morgan fingerprint density at radius 3 is 1.53 bits per heavy atom.